The number of carboxylic acids is 1. The minimum atomic E-state index is -1.24. The number of carboxylic acid groups (broad SMARTS) is 1. The lowest BCUT2D eigenvalue weighted by molar-refractivity contribution is -0.141. The number of ketones is 1. The Bertz CT molecular complexity index is 1120. The highest BCUT2D eigenvalue weighted by Crippen LogP contribution is 2.29. The zero-order chi connectivity index (χ0) is 24.3. The van der Waals surface area contributed by atoms with E-state index in [4.69, 9.17) is 4.42 Å². The summed E-state index contributed by atoms with van der Waals surface area (Å²) < 4.78 is 5.78. The van der Waals surface area contributed by atoms with Gasteiger partial charge in [-0.1, -0.05) is 76.5 Å². The summed E-state index contributed by atoms with van der Waals surface area (Å²) in [6, 6.07) is 11.4. The van der Waals surface area contributed by atoms with E-state index >= 15 is 0 Å². The van der Waals surface area contributed by atoms with Crippen LogP contribution >= 0.6 is 0 Å². The first-order valence-electron chi connectivity index (χ1n) is 12.5. The van der Waals surface area contributed by atoms with Crippen molar-refractivity contribution in [3.05, 3.63) is 48.0 Å². The average molecular weight is 466 g/mol. The van der Waals surface area contributed by atoms with Crippen molar-refractivity contribution in [2.24, 2.45) is 0 Å². The molecule has 1 atom stereocenters. The van der Waals surface area contributed by atoms with E-state index in [9.17, 15) is 19.5 Å². The Hall–Kier alpha value is -3.15. The van der Waals surface area contributed by atoms with Gasteiger partial charge in [0.15, 0.2) is 5.78 Å². The second-order valence-corrected chi connectivity index (χ2v) is 8.97. The number of unbranched alkanes of at least 4 members (excludes halogenated alkanes) is 8. The quantitative estimate of drug-likeness (QED) is 0.193. The molecule has 3 aromatic rings. The van der Waals surface area contributed by atoms with Crippen LogP contribution in [0.4, 0.5) is 0 Å². The van der Waals surface area contributed by atoms with Crippen LogP contribution in [-0.2, 0) is 9.59 Å². The molecule has 0 spiro atoms. The first kappa shape index (κ1) is 25.5. The molecule has 182 valence electrons. The van der Waals surface area contributed by atoms with Gasteiger partial charge in [0.1, 0.15) is 17.2 Å². The smallest absolute Gasteiger partial charge is 0.326 e. The van der Waals surface area contributed by atoms with Gasteiger partial charge in [-0.3, -0.25) is 9.59 Å². The molecule has 0 saturated heterocycles. The van der Waals surface area contributed by atoms with E-state index in [0.717, 1.165) is 35.6 Å². The predicted octanol–water partition coefficient (Wildman–Crippen LogP) is 6.65. The summed E-state index contributed by atoms with van der Waals surface area (Å²) in [4.78, 5) is 36.8. The molecule has 0 bridgehead atoms. The summed E-state index contributed by atoms with van der Waals surface area (Å²) in [6.07, 6.45) is 10.3. The Morgan fingerprint density at radius 2 is 1.50 bits per heavy atom. The summed E-state index contributed by atoms with van der Waals surface area (Å²) in [6.45, 7) is 2.21. The maximum atomic E-state index is 12.8. The van der Waals surface area contributed by atoms with Gasteiger partial charge in [-0.05, 0) is 30.7 Å². The highest BCUT2D eigenvalue weighted by Gasteiger charge is 2.24. The van der Waals surface area contributed by atoms with Crippen LogP contribution in [0.15, 0.2) is 46.9 Å². The number of carbonyl (C=O) groups excluding carboxylic acids is 2. The van der Waals surface area contributed by atoms with Crippen LogP contribution in [0, 0.1) is 0 Å². The van der Waals surface area contributed by atoms with Gasteiger partial charge in [-0.25, -0.2) is 4.79 Å². The van der Waals surface area contributed by atoms with Crippen LogP contribution < -0.4 is 5.32 Å². The van der Waals surface area contributed by atoms with Gasteiger partial charge in [0.25, 0.3) is 0 Å². The molecule has 1 aromatic heterocycles. The molecule has 2 N–H and O–H groups in total. The zero-order valence-electron chi connectivity index (χ0n) is 20.0. The molecule has 3 rings (SSSR count). The number of benzene rings is 2. The third-order valence-corrected chi connectivity index (χ3v) is 6.23. The number of hydrogen-bond donors (Lipinski definition) is 2. The monoisotopic (exact) mass is 465 g/mol. The van der Waals surface area contributed by atoms with Gasteiger partial charge in [0.2, 0.25) is 5.91 Å². The van der Waals surface area contributed by atoms with Crippen LogP contribution in [0.5, 0.6) is 0 Å². The molecule has 0 aliphatic heterocycles. The largest absolute Gasteiger partial charge is 0.480 e. The number of fused-ring (bicyclic) bond motifs is 3. The summed E-state index contributed by atoms with van der Waals surface area (Å²) in [5.74, 6) is -1.86. The van der Waals surface area contributed by atoms with Crippen LogP contribution in [0.2, 0.25) is 0 Å². The normalized spacial score (nSPS) is 12.1. The fraction of sp³-hybridized carbons (Fsp3) is 0.464. The molecule has 0 saturated carbocycles. The average Bonchev–Trinajstić information content (AvgIpc) is 3.20. The Morgan fingerprint density at radius 3 is 2.21 bits per heavy atom. The fourth-order valence-corrected chi connectivity index (χ4v) is 4.27. The number of aliphatic carboxylic acids is 1. The topological polar surface area (TPSA) is 96.6 Å². The molecule has 2 aromatic carbocycles. The molecule has 0 unspecified atom stereocenters. The highest BCUT2D eigenvalue weighted by molar-refractivity contribution is 6.09. The van der Waals surface area contributed by atoms with E-state index in [0.29, 0.717) is 11.1 Å². The van der Waals surface area contributed by atoms with Crippen molar-refractivity contribution >= 4 is 39.6 Å². The van der Waals surface area contributed by atoms with E-state index in [1.165, 1.54) is 38.5 Å². The number of amides is 1. The van der Waals surface area contributed by atoms with E-state index in [2.05, 4.69) is 12.2 Å². The Balaban J connectivity index is 1.48. The van der Waals surface area contributed by atoms with Crippen LogP contribution in [-0.4, -0.2) is 28.8 Å². The zero-order valence-corrected chi connectivity index (χ0v) is 20.0. The lowest BCUT2D eigenvalue weighted by Gasteiger charge is -2.14. The maximum absolute atomic E-state index is 12.8. The van der Waals surface area contributed by atoms with E-state index in [1.807, 2.05) is 24.3 Å². The van der Waals surface area contributed by atoms with E-state index in [1.54, 1.807) is 18.2 Å². The number of carbonyl (C=O) groups is 3. The summed E-state index contributed by atoms with van der Waals surface area (Å²) in [7, 11) is 0. The maximum Gasteiger partial charge on any atom is 0.326 e. The molecule has 6 nitrogen and oxygen atoms in total. The number of rotatable bonds is 15. The summed E-state index contributed by atoms with van der Waals surface area (Å²) >= 11 is 0. The van der Waals surface area contributed by atoms with Crippen molar-refractivity contribution in [1.82, 2.24) is 5.32 Å². The van der Waals surface area contributed by atoms with Gasteiger partial charge in [0, 0.05) is 29.2 Å². The molecule has 6 heteroatoms. The SMILES string of the molecule is CCCCCCCCCCCC(=O)N[C@@H](CC(=O)c1ccc2oc3ccccc3c2c1)C(=O)O. The minimum Gasteiger partial charge on any atom is -0.480 e. The number of para-hydroxylation sites is 1. The van der Waals surface area contributed by atoms with E-state index < -0.39 is 12.0 Å². The molecule has 0 fully saturated rings. The standard InChI is InChI=1S/C28H35NO5/c1-2-3-4-5-6-7-8-9-10-15-27(31)29-23(28(32)33)19-24(30)20-16-17-26-22(18-20)21-13-11-12-14-25(21)34-26/h11-14,16-18,23H,2-10,15,19H2,1H3,(H,29,31)(H,32,33)/t23-/m0/s1. The van der Waals surface area contributed by atoms with Crippen molar-refractivity contribution in [3.8, 4) is 0 Å². The second-order valence-electron chi connectivity index (χ2n) is 8.97. The van der Waals surface area contributed by atoms with Crippen molar-refractivity contribution in [3.63, 3.8) is 0 Å². The van der Waals surface area contributed by atoms with E-state index in [-0.39, 0.29) is 24.5 Å². The van der Waals surface area contributed by atoms with Crippen LogP contribution in [0.3, 0.4) is 0 Å². The van der Waals surface area contributed by atoms with Gasteiger partial charge in [-0.15, -0.1) is 0 Å². The highest BCUT2D eigenvalue weighted by atomic mass is 16.4. The van der Waals surface area contributed by atoms with Crippen molar-refractivity contribution in [2.75, 3.05) is 0 Å². The number of furan rings is 1. The molecule has 1 amide bonds. The Kier molecular flexibility index (Phi) is 9.68. The number of Topliss-reactive ketones (excluding diaryl/α,β-unsaturated/α-hetero) is 1. The van der Waals surface area contributed by atoms with Crippen molar-refractivity contribution in [1.29, 1.82) is 0 Å². The summed E-state index contributed by atoms with van der Waals surface area (Å²) in [5.41, 5.74) is 1.80. The number of nitrogens with one attached hydrogen (secondary N) is 1. The first-order valence-corrected chi connectivity index (χ1v) is 12.5. The van der Waals surface area contributed by atoms with Gasteiger partial charge in [0.05, 0.1) is 0 Å². The minimum absolute atomic E-state index is 0.279. The van der Waals surface area contributed by atoms with Gasteiger partial charge in [-0.2, -0.15) is 0 Å². The van der Waals surface area contributed by atoms with Crippen molar-refractivity contribution in [2.45, 2.75) is 83.6 Å². The van der Waals surface area contributed by atoms with Gasteiger partial charge < -0.3 is 14.8 Å². The summed E-state index contributed by atoms with van der Waals surface area (Å²) in [5, 5.41) is 13.8. The Labute approximate surface area is 200 Å². The molecule has 1 heterocycles. The molecular weight excluding hydrogens is 430 g/mol. The van der Waals surface area contributed by atoms with Crippen LogP contribution in [0.1, 0.15) is 87.9 Å². The molecule has 0 aliphatic rings. The van der Waals surface area contributed by atoms with Crippen molar-refractivity contribution < 1.29 is 23.9 Å². The molecule has 34 heavy (non-hydrogen) atoms. The van der Waals surface area contributed by atoms with Crippen LogP contribution in [0.25, 0.3) is 21.9 Å². The predicted molar refractivity (Wildman–Crippen MR) is 134 cm³/mol. The lowest BCUT2D eigenvalue weighted by atomic mass is 10.0. The van der Waals surface area contributed by atoms with Gasteiger partial charge >= 0.3 is 5.97 Å². The fourth-order valence-electron chi connectivity index (χ4n) is 4.27. The second kappa shape index (κ2) is 12.9. The third kappa shape index (κ3) is 7.17. The molecule has 0 aliphatic carbocycles. The first-order chi connectivity index (χ1) is 16.5. The third-order valence-electron chi connectivity index (χ3n) is 6.23. The molecule has 0 radical (unpaired) electrons. The Morgan fingerprint density at radius 1 is 0.853 bits per heavy atom. The lowest BCUT2D eigenvalue weighted by Crippen LogP contribution is -2.42. The number of hydrogen-bond acceptors (Lipinski definition) is 4. The molecular formula is C28H35NO5.